The van der Waals surface area contributed by atoms with Gasteiger partial charge in [0.15, 0.2) is 0 Å². The van der Waals surface area contributed by atoms with E-state index in [4.69, 9.17) is 0 Å². The van der Waals surface area contributed by atoms with E-state index in [1.54, 1.807) is 0 Å². The Bertz CT molecular complexity index is 524. The maximum Gasteiger partial charge on any atom is 0.00188 e. The van der Waals surface area contributed by atoms with Gasteiger partial charge < -0.3 is 10.2 Å². The molecule has 0 bridgehead atoms. The van der Waals surface area contributed by atoms with Crippen LogP contribution in [-0.4, -0.2) is 38.6 Å². The van der Waals surface area contributed by atoms with Gasteiger partial charge in [-0.1, -0.05) is 60.7 Å². The maximum atomic E-state index is 3.34. The van der Waals surface area contributed by atoms with E-state index >= 15 is 0 Å². The average molecular weight is 310 g/mol. The summed E-state index contributed by atoms with van der Waals surface area (Å²) in [6.07, 6.45) is 3.61. The van der Waals surface area contributed by atoms with Crippen molar-refractivity contribution < 1.29 is 0 Å². The van der Waals surface area contributed by atoms with Crippen molar-refractivity contribution in [3.63, 3.8) is 0 Å². The summed E-state index contributed by atoms with van der Waals surface area (Å²) in [5, 5.41) is 3.34. The van der Waals surface area contributed by atoms with Gasteiger partial charge in [0.2, 0.25) is 0 Å². The first kappa shape index (κ1) is 17.7. The smallest absolute Gasteiger partial charge is 0.00188 e. The fourth-order valence-electron chi connectivity index (χ4n) is 3.04. The molecule has 0 aliphatic carbocycles. The number of rotatable bonds is 10. The molecule has 0 fully saturated rings. The lowest BCUT2D eigenvalue weighted by molar-refractivity contribution is 0.324. The third-order valence-electron chi connectivity index (χ3n) is 4.44. The Morgan fingerprint density at radius 1 is 0.913 bits per heavy atom. The van der Waals surface area contributed by atoms with Crippen LogP contribution in [0.5, 0.6) is 0 Å². The first-order valence-electron chi connectivity index (χ1n) is 8.71. The van der Waals surface area contributed by atoms with Crippen molar-refractivity contribution in [2.24, 2.45) is 0 Å². The minimum Gasteiger partial charge on any atom is -0.319 e. The van der Waals surface area contributed by atoms with Crippen LogP contribution < -0.4 is 5.32 Å². The average Bonchev–Trinajstić information content (AvgIpc) is 2.61. The van der Waals surface area contributed by atoms with E-state index in [2.05, 4.69) is 77.9 Å². The van der Waals surface area contributed by atoms with Gasteiger partial charge in [0.05, 0.1) is 0 Å². The first-order valence-corrected chi connectivity index (χ1v) is 8.71. The van der Waals surface area contributed by atoms with E-state index < -0.39 is 0 Å². The molecule has 0 heterocycles. The molecule has 23 heavy (non-hydrogen) atoms. The van der Waals surface area contributed by atoms with Gasteiger partial charge in [-0.15, -0.1) is 0 Å². The number of nitrogens with one attached hydrogen (secondary N) is 1. The summed E-state index contributed by atoms with van der Waals surface area (Å²) >= 11 is 0. The van der Waals surface area contributed by atoms with Crippen LogP contribution in [0.1, 0.15) is 29.9 Å². The Morgan fingerprint density at radius 3 is 2.22 bits per heavy atom. The lowest BCUT2D eigenvalue weighted by Crippen LogP contribution is -2.24. The third kappa shape index (κ3) is 6.55. The second-order valence-electron chi connectivity index (χ2n) is 6.35. The lowest BCUT2D eigenvalue weighted by atomic mass is 9.94. The van der Waals surface area contributed by atoms with E-state index in [0.29, 0.717) is 5.92 Å². The maximum absolute atomic E-state index is 3.34. The van der Waals surface area contributed by atoms with Crippen molar-refractivity contribution in [2.75, 3.05) is 33.7 Å². The van der Waals surface area contributed by atoms with Gasteiger partial charge >= 0.3 is 0 Å². The van der Waals surface area contributed by atoms with Crippen LogP contribution in [-0.2, 0) is 6.42 Å². The second kappa shape index (κ2) is 10.2. The van der Waals surface area contributed by atoms with Gasteiger partial charge in [-0.25, -0.2) is 0 Å². The first-order chi connectivity index (χ1) is 11.3. The Kier molecular flexibility index (Phi) is 7.85. The van der Waals surface area contributed by atoms with Gasteiger partial charge in [0.1, 0.15) is 0 Å². The van der Waals surface area contributed by atoms with Crippen molar-refractivity contribution in [2.45, 2.75) is 25.2 Å². The third-order valence-corrected chi connectivity index (χ3v) is 4.44. The van der Waals surface area contributed by atoms with Crippen molar-refractivity contribution in [1.82, 2.24) is 10.2 Å². The molecule has 1 atom stereocenters. The Hall–Kier alpha value is -1.64. The zero-order chi connectivity index (χ0) is 16.3. The van der Waals surface area contributed by atoms with Gasteiger partial charge in [-0.3, -0.25) is 0 Å². The number of likely N-dealkylation sites (N-methyl/N-ethyl adjacent to an activating group) is 2. The summed E-state index contributed by atoms with van der Waals surface area (Å²) in [6, 6.07) is 21.6. The number of benzene rings is 2. The van der Waals surface area contributed by atoms with Crippen LogP contribution in [0.25, 0.3) is 0 Å². The minimum absolute atomic E-state index is 0.615. The number of hydrogen-bond donors (Lipinski definition) is 1. The molecule has 124 valence electrons. The van der Waals surface area contributed by atoms with Crippen molar-refractivity contribution >= 4 is 0 Å². The Morgan fingerprint density at radius 2 is 1.57 bits per heavy atom. The quantitative estimate of drug-likeness (QED) is 0.715. The molecule has 0 saturated heterocycles. The SMILES string of the molecule is CNCC(CCCN(C)CCc1ccccc1)c1ccccc1. The Labute approximate surface area is 141 Å². The zero-order valence-electron chi connectivity index (χ0n) is 14.5. The number of hydrogen-bond acceptors (Lipinski definition) is 2. The van der Waals surface area contributed by atoms with E-state index in [9.17, 15) is 0 Å². The Balaban J connectivity index is 1.71. The molecule has 0 saturated carbocycles. The predicted molar refractivity (Wildman–Crippen MR) is 100.0 cm³/mol. The summed E-state index contributed by atoms with van der Waals surface area (Å²) in [6.45, 7) is 3.35. The molecule has 2 aromatic carbocycles. The highest BCUT2D eigenvalue weighted by molar-refractivity contribution is 5.19. The normalized spacial score (nSPS) is 12.5. The molecule has 0 amide bonds. The van der Waals surface area contributed by atoms with Crippen LogP contribution in [0.15, 0.2) is 60.7 Å². The monoisotopic (exact) mass is 310 g/mol. The molecular formula is C21H30N2. The van der Waals surface area contributed by atoms with E-state index in [0.717, 1.165) is 19.5 Å². The zero-order valence-corrected chi connectivity index (χ0v) is 14.5. The van der Waals surface area contributed by atoms with Gasteiger partial charge in [0, 0.05) is 13.1 Å². The summed E-state index contributed by atoms with van der Waals surface area (Å²) in [4.78, 5) is 2.45. The minimum atomic E-state index is 0.615. The highest BCUT2D eigenvalue weighted by Crippen LogP contribution is 2.20. The standard InChI is InChI=1S/C21H30N2/c1-22-18-21(20-12-7-4-8-13-20)14-9-16-23(2)17-15-19-10-5-3-6-11-19/h3-8,10-13,21-22H,9,14-18H2,1-2H3. The van der Waals surface area contributed by atoms with Crippen LogP contribution in [0, 0.1) is 0 Å². The molecule has 2 aromatic rings. The molecule has 0 aliphatic rings. The summed E-state index contributed by atoms with van der Waals surface area (Å²) in [5.41, 5.74) is 2.88. The molecule has 0 aliphatic heterocycles. The summed E-state index contributed by atoms with van der Waals surface area (Å²) in [5.74, 6) is 0.615. The molecule has 2 nitrogen and oxygen atoms in total. The molecule has 0 radical (unpaired) electrons. The van der Waals surface area contributed by atoms with Gasteiger partial charge in [-0.05, 0) is 56.9 Å². The molecule has 0 spiro atoms. The largest absolute Gasteiger partial charge is 0.319 e. The van der Waals surface area contributed by atoms with Crippen LogP contribution >= 0.6 is 0 Å². The molecule has 1 N–H and O–H groups in total. The van der Waals surface area contributed by atoms with E-state index in [-0.39, 0.29) is 0 Å². The molecule has 2 heteroatoms. The summed E-state index contributed by atoms with van der Waals surface area (Å²) in [7, 11) is 4.28. The molecule has 0 aromatic heterocycles. The highest BCUT2D eigenvalue weighted by atomic mass is 15.1. The van der Waals surface area contributed by atoms with Crippen LogP contribution in [0.4, 0.5) is 0 Å². The molecule has 2 rings (SSSR count). The molecule has 1 unspecified atom stereocenters. The highest BCUT2D eigenvalue weighted by Gasteiger charge is 2.10. The fourth-order valence-corrected chi connectivity index (χ4v) is 3.04. The van der Waals surface area contributed by atoms with Gasteiger partial charge in [0.25, 0.3) is 0 Å². The van der Waals surface area contributed by atoms with E-state index in [1.807, 2.05) is 7.05 Å². The van der Waals surface area contributed by atoms with Crippen molar-refractivity contribution in [1.29, 1.82) is 0 Å². The fraction of sp³-hybridized carbons (Fsp3) is 0.429. The number of nitrogens with zero attached hydrogens (tertiary/aromatic N) is 1. The second-order valence-corrected chi connectivity index (χ2v) is 6.35. The lowest BCUT2D eigenvalue weighted by Gasteiger charge is -2.20. The topological polar surface area (TPSA) is 15.3 Å². The van der Waals surface area contributed by atoms with Crippen LogP contribution in [0.2, 0.25) is 0 Å². The predicted octanol–water partition coefficient (Wildman–Crippen LogP) is 3.94. The van der Waals surface area contributed by atoms with E-state index in [1.165, 1.54) is 30.5 Å². The summed E-state index contributed by atoms with van der Waals surface area (Å²) < 4.78 is 0. The molecular weight excluding hydrogens is 280 g/mol. The van der Waals surface area contributed by atoms with Gasteiger partial charge in [-0.2, -0.15) is 0 Å². The van der Waals surface area contributed by atoms with Crippen molar-refractivity contribution in [3.05, 3.63) is 71.8 Å². The van der Waals surface area contributed by atoms with Crippen LogP contribution in [0.3, 0.4) is 0 Å². The van der Waals surface area contributed by atoms with Crippen molar-refractivity contribution in [3.8, 4) is 0 Å².